The highest BCUT2D eigenvalue weighted by atomic mass is 79.9. The van der Waals surface area contributed by atoms with Crippen molar-refractivity contribution in [3.05, 3.63) is 44.8 Å². The molecule has 0 aliphatic carbocycles. The number of aromatic nitrogens is 2. The van der Waals surface area contributed by atoms with E-state index in [4.69, 9.17) is 5.73 Å². The molecule has 0 saturated carbocycles. The van der Waals surface area contributed by atoms with Gasteiger partial charge in [0.1, 0.15) is 5.82 Å². The fourth-order valence-corrected chi connectivity index (χ4v) is 3.08. The smallest absolute Gasteiger partial charge is 0.201 e. The summed E-state index contributed by atoms with van der Waals surface area (Å²) in [6.07, 6.45) is 0.883. The van der Waals surface area contributed by atoms with Gasteiger partial charge >= 0.3 is 0 Å². The van der Waals surface area contributed by atoms with Gasteiger partial charge in [0.25, 0.3) is 0 Å². The molecule has 0 fully saturated rings. The van der Waals surface area contributed by atoms with Crippen LogP contribution in [0.25, 0.3) is 11.0 Å². The first-order valence-electron chi connectivity index (χ1n) is 5.77. The van der Waals surface area contributed by atoms with Crippen molar-refractivity contribution in [3.63, 3.8) is 0 Å². The molecule has 3 aromatic rings. The fourth-order valence-electron chi connectivity index (χ4n) is 2.05. The van der Waals surface area contributed by atoms with Crippen molar-refractivity contribution in [3.8, 4) is 0 Å². The van der Waals surface area contributed by atoms with E-state index in [-0.39, 0.29) is 5.82 Å². The molecule has 1 aromatic carbocycles. The number of imidazole rings is 1. The number of nitrogen functional groups attached to an aromatic ring is 1. The van der Waals surface area contributed by atoms with Crippen LogP contribution in [0, 0.1) is 5.82 Å². The average molecular weight is 340 g/mol. The van der Waals surface area contributed by atoms with E-state index < -0.39 is 0 Å². The number of halogens is 2. The van der Waals surface area contributed by atoms with Gasteiger partial charge in [-0.3, -0.25) is 0 Å². The lowest BCUT2D eigenvalue weighted by Crippen LogP contribution is -2.05. The summed E-state index contributed by atoms with van der Waals surface area (Å²) in [6.45, 7) is 0.733. The first kappa shape index (κ1) is 12.6. The molecular formula is C13H11BrFN3S. The Morgan fingerprint density at radius 2 is 2.26 bits per heavy atom. The van der Waals surface area contributed by atoms with Crippen molar-refractivity contribution in [2.75, 3.05) is 5.73 Å². The number of nitrogens with two attached hydrogens (primary N) is 1. The standard InChI is InChI=1S/C13H11BrFN3S/c14-9-5-12-11(6-10(9)15)17-13(16)18(12)3-1-8-2-4-19-7-8/h2,4-7H,1,3H2,(H2,16,17). The minimum atomic E-state index is -0.324. The molecule has 0 aliphatic rings. The van der Waals surface area contributed by atoms with Crippen LogP contribution in [0.1, 0.15) is 5.56 Å². The van der Waals surface area contributed by atoms with Gasteiger partial charge in [-0.2, -0.15) is 11.3 Å². The SMILES string of the molecule is Nc1nc2cc(F)c(Br)cc2n1CCc1ccsc1. The maximum Gasteiger partial charge on any atom is 0.201 e. The van der Waals surface area contributed by atoms with Crippen LogP contribution >= 0.6 is 27.3 Å². The maximum absolute atomic E-state index is 13.5. The van der Waals surface area contributed by atoms with Crippen molar-refractivity contribution in [2.45, 2.75) is 13.0 Å². The van der Waals surface area contributed by atoms with E-state index in [1.54, 1.807) is 17.4 Å². The molecule has 0 spiro atoms. The molecule has 0 saturated heterocycles. The van der Waals surface area contributed by atoms with Crippen LogP contribution in [0.15, 0.2) is 33.4 Å². The normalized spacial score (nSPS) is 11.3. The van der Waals surface area contributed by atoms with E-state index in [9.17, 15) is 4.39 Å². The molecule has 19 heavy (non-hydrogen) atoms. The first-order valence-corrected chi connectivity index (χ1v) is 7.50. The van der Waals surface area contributed by atoms with Gasteiger partial charge in [-0.15, -0.1) is 0 Å². The van der Waals surface area contributed by atoms with Crippen molar-refractivity contribution >= 4 is 44.2 Å². The van der Waals surface area contributed by atoms with Crippen LogP contribution in [0.5, 0.6) is 0 Å². The van der Waals surface area contributed by atoms with E-state index in [2.05, 4.69) is 37.7 Å². The average Bonchev–Trinajstić information content (AvgIpc) is 2.96. The second-order valence-corrected chi connectivity index (χ2v) is 5.89. The largest absolute Gasteiger partial charge is 0.369 e. The zero-order valence-corrected chi connectivity index (χ0v) is 12.3. The molecule has 0 radical (unpaired) electrons. The fraction of sp³-hybridized carbons (Fsp3) is 0.154. The third-order valence-corrected chi connectivity index (χ3v) is 4.36. The summed E-state index contributed by atoms with van der Waals surface area (Å²) in [5.41, 5.74) is 8.62. The van der Waals surface area contributed by atoms with Crippen molar-refractivity contribution in [1.82, 2.24) is 9.55 Å². The van der Waals surface area contributed by atoms with Crippen LogP contribution in [-0.4, -0.2) is 9.55 Å². The first-order chi connectivity index (χ1) is 9.15. The maximum atomic E-state index is 13.5. The summed E-state index contributed by atoms with van der Waals surface area (Å²) in [6, 6.07) is 5.22. The number of hydrogen-bond donors (Lipinski definition) is 1. The van der Waals surface area contributed by atoms with Crippen LogP contribution < -0.4 is 5.73 Å². The molecule has 98 valence electrons. The van der Waals surface area contributed by atoms with Gasteiger partial charge in [0, 0.05) is 12.6 Å². The number of benzene rings is 1. The number of aryl methyl sites for hydroxylation is 2. The Bertz CT molecular complexity index is 721. The molecule has 2 N–H and O–H groups in total. The van der Waals surface area contributed by atoms with Gasteiger partial charge in [-0.05, 0) is 50.8 Å². The summed E-state index contributed by atoms with van der Waals surface area (Å²) in [5, 5.41) is 4.17. The number of anilines is 1. The highest BCUT2D eigenvalue weighted by Gasteiger charge is 2.11. The monoisotopic (exact) mass is 339 g/mol. The third-order valence-electron chi connectivity index (χ3n) is 3.02. The minimum absolute atomic E-state index is 0.324. The van der Waals surface area contributed by atoms with Gasteiger partial charge in [0.05, 0.1) is 15.5 Å². The van der Waals surface area contributed by atoms with E-state index in [1.807, 2.05) is 4.57 Å². The summed E-state index contributed by atoms with van der Waals surface area (Å²) in [4.78, 5) is 4.20. The summed E-state index contributed by atoms with van der Waals surface area (Å²) in [7, 11) is 0. The molecule has 3 nitrogen and oxygen atoms in total. The second-order valence-electron chi connectivity index (χ2n) is 4.26. The Morgan fingerprint density at radius 1 is 1.42 bits per heavy atom. The quantitative estimate of drug-likeness (QED) is 0.788. The molecule has 3 rings (SSSR count). The molecule has 2 aromatic heterocycles. The second kappa shape index (κ2) is 4.94. The van der Waals surface area contributed by atoms with Gasteiger partial charge in [-0.1, -0.05) is 0 Å². The number of thiophene rings is 1. The molecule has 0 unspecified atom stereocenters. The van der Waals surface area contributed by atoms with Crippen molar-refractivity contribution < 1.29 is 4.39 Å². The topological polar surface area (TPSA) is 43.8 Å². The molecule has 6 heteroatoms. The van der Waals surface area contributed by atoms with Crippen molar-refractivity contribution in [1.29, 1.82) is 0 Å². The van der Waals surface area contributed by atoms with Gasteiger partial charge in [0.2, 0.25) is 5.95 Å². The van der Waals surface area contributed by atoms with Crippen LogP contribution in [-0.2, 0) is 13.0 Å². The van der Waals surface area contributed by atoms with Gasteiger partial charge < -0.3 is 10.3 Å². The summed E-state index contributed by atoms with van der Waals surface area (Å²) in [5.74, 6) is 0.0951. The van der Waals surface area contributed by atoms with Gasteiger partial charge in [0.15, 0.2) is 0 Å². The molecule has 2 heterocycles. The number of nitrogens with zero attached hydrogens (tertiary/aromatic N) is 2. The highest BCUT2D eigenvalue weighted by molar-refractivity contribution is 9.10. The lowest BCUT2D eigenvalue weighted by atomic mass is 10.2. The Labute approximate surface area is 122 Å². The predicted molar refractivity (Wildman–Crippen MR) is 79.8 cm³/mol. The highest BCUT2D eigenvalue weighted by Crippen LogP contribution is 2.25. The number of rotatable bonds is 3. The van der Waals surface area contributed by atoms with Crippen molar-refractivity contribution in [2.24, 2.45) is 0 Å². The third kappa shape index (κ3) is 2.37. The zero-order chi connectivity index (χ0) is 13.4. The minimum Gasteiger partial charge on any atom is -0.369 e. The van der Waals surface area contributed by atoms with Gasteiger partial charge in [-0.25, -0.2) is 9.37 Å². The van der Waals surface area contributed by atoms with E-state index in [1.165, 1.54) is 11.6 Å². The molecular weight excluding hydrogens is 329 g/mol. The molecule has 0 aliphatic heterocycles. The Balaban J connectivity index is 1.98. The Hall–Kier alpha value is -1.40. The van der Waals surface area contributed by atoms with E-state index in [0.717, 1.165) is 18.5 Å². The molecule has 0 amide bonds. The van der Waals surface area contributed by atoms with E-state index >= 15 is 0 Å². The predicted octanol–water partition coefficient (Wildman–Crippen LogP) is 3.82. The zero-order valence-electron chi connectivity index (χ0n) is 9.94. The Kier molecular flexibility index (Phi) is 3.28. The molecule has 0 bridgehead atoms. The molecule has 0 atom stereocenters. The lowest BCUT2D eigenvalue weighted by Gasteiger charge is -2.06. The lowest BCUT2D eigenvalue weighted by molar-refractivity contribution is 0.622. The number of fused-ring (bicyclic) bond motifs is 1. The summed E-state index contributed by atoms with van der Waals surface area (Å²) >= 11 is 4.87. The Morgan fingerprint density at radius 3 is 3.00 bits per heavy atom. The summed E-state index contributed by atoms with van der Waals surface area (Å²) < 4.78 is 15.8. The number of hydrogen-bond acceptors (Lipinski definition) is 3. The van der Waals surface area contributed by atoms with Crippen LogP contribution in [0.3, 0.4) is 0 Å². The van der Waals surface area contributed by atoms with Crippen LogP contribution in [0.2, 0.25) is 0 Å². The van der Waals surface area contributed by atoms with E-state index in [0.29, 0.717) is 15.9 Å². The van der Waals surface area contributed by atoms with Crippen LogP contribution in [0.4, 0.5) is 10.3 Å².